The van der Waals surface area contributed by atoms with Crippen LogP contribution >= 0.6 is 0 Å². The molecule has 2 fully saturated rings. The van der Waals surface area contributed by atoms with E-state index in [0.29, 0.717) is 27.6 Å². The first-order chi connectivity index (χ1) is 30.0. The number of aliphatic hydroxyl groups excluding tert-OH is 2. The normalized spacial score (nSPS) is 24.7. The molecular weight excluding hydrogens is 1170 g/mol. The zero-order chi connectivity index (χ0) is 43.4. The summed E-state index contributed by atoms with van der Waals surface area (Å²) in [6, 6.07) is 25.2. The van der Waals surface area contributed by atoms with E-state index >= 15 is 0 Å². The second-order valence-corrected chi connectivity index (χ2v) is 14.7. The van der Waals surface area contributed by atoms with Crippen LogP contribution in [0.5, 0.6) is 0 Å². The zero-order valence-electron chi connectivity index (χ0n) is 33.8. The van der Waals surface area contributed by atoms with Gasteiger partial charge in [-0.25, -0.2) is 14.4 Å². The molecule has 0 bridgehead atoms. The van der Waals surface area contributed by atoms with Gasteiger partial charge in [-0.05, 0) is 62.6 Å². The summed E-state index contributed by atoms with van der Waals surface area (Å²) in [6.45, 7) is 2.35. The summed E-state index contributed by atoms with van der Waals surface area (Å²) < 4.78 is 32.9. The zero-order valence-corrected chi connectivity index (χ0v) is 39.7. The van der Waals surface area contributed by atoms with Crippen molar-refractivity contribution >= 4 is 40.0 Å². The number of ether oxygens (including phenoxy) is 5. The first-order valence-corrected chi connectivity index (χ1v) is 19.2. The number of rotatable bonds is 10. The summed E-state index contributed by atoms with van der Waals surface area (Å²) in [4.78, 5) is 48.1. The third kappa shape index (κ3) is 9.56. The Morgan fingerprint density at radius 1 is 0.703 bits per heavy atom. The van der Waals surface area contributed by atoms with Gasteiger partial charge in [-0.2, -0.15) is 10.2 Å². The summed E-state index contributed by atoms with van der Waals surface area (Å²) in [5, 5.41) is 44.4. The van der Waals surface area contributed by atoms with Crippen LogP contribution in [0.3, 0.4) is 0 Å². The third-order valence-corrected chi connectivity index (χ3v) is 10.5. The number of nitrogens with zero attached hydrogens (tertiary/aromatic N) is 8. The molecule has 19 nitrogen and oxygen atoms in total. The molecule has 0 unspecified atom stereocenters. The van der Waals surface area contributed by atoms with Crippen molar-refractivity contribution < 1.29 is 95.5 Å². The van der Waals surface area contributed by atoms with Crippen molar-refractivity contribution in [3.63, 3.8) is 0 Å². The average Bonchev–Trinajstić information content (AvgIpc) is 4.05. The molecule has 3 N–H and O–H groups in total. The fourth-order valence-corrected chi connectivity index (χ4v) is 7.31. The fourth-order valence-electron chi connectivity index (χ4n) is 7.31. The maximum absolute atomic E-state index is 13.5. The quantitative estimate of drug-likeness (QED) is 0.101. The molecule has 3 aromatic carbocycles. The molecular formula is C43H38N8O11W2-2. The number of hydrogen-bond donors (Lipinski definition) is 3. The SMILES string of the molecule is C[C@@]1(O)[C@H](O)[C@@H](CO)O[C@H]1n1cnc2[c-]nncc21.C[C@@]1(OC(=O)c2ccccc2)[C@H](OC(=O)c2ccccc2)[C@@H](COC(=O)c2ccccc2)O[C@H]1n1cnc2[c-]nncc21.[W].[W]. The van der Waals surface area contributed by atoms with E-state index < -0.39 is 66.0 Å². The van der Waals surface area contributed by atoms with Crippen LogP contribution in [0, 0.1) is 12.4 Å². The maximum Gasteiger partial charge on any atom is 0.338 e. The van der Waals surface area contributed by atoms with Crippen molar-refractivity contribution in [1.29, 1.82) is 0 Å². The molecule has 6 heterocycles. The van der Waals surface area contributed by atoms with Gasteiger partial charge in [0, 0.05) is 42.1 Å². The van der Waals surface area contributed by atoms with Crippen LogP contribution in [0.2, 0.25) is 0 Å². The monoisotopic (exact) mass is 1210 g/mol. The summed E-state index contributed by atoms with van der Waals surface area (Å²) in [5.41, 5.74) is -0.359. The summed E-state index contributed by atoms with van der Waals surface area (Å²) in [6.07, 6.45) is 4.91. The first-order valence-electron chi connectivity index (χ1n) is 19.2. The number of esters is 3. The van der Waals surface area contributed by atoms with Gasteiger partial charge < -0.3 is 48.1 Å². The minimum atomic E-state index is -1.64. The Morgan fingerprint density at radius 3 is 1.67 bits per heavy atom. The predicted molar refractivity (Wildman–Crippen MR) is 212 cm³/mol. The molecule has 9 rings (SSSR count). The topological polar surface area (TPSA) is 245 Å². The Labute approximate surface area is 393 Å². The maximum atomic E-state index is 13.5. The van der Waals surface area contributed by atoms with Crippen molar-refractivity contribution in [3.05, 3.63) is 145 Å². The van der Waals surface area contributed by atoms with E-state index in [-0.39, 0.29) is 66.5 Å². The second kappa shape index (κ2) is 20.5. The van der Waals surface area contributed by atoms with Crippen LogP contribution in [0.15, 0.2) is 116 Å². The van der Waals surface area contributed by atoms with Crippen LogP contribution < -0.4 is 0 Å². The van der Waals surface area contributed by atoms with Crippen LogP contribution in [0.4, 0.5) is 0 Å². The van der Waals surface area contributed by atoms with Gasteiger partial charge in [-0.3, -0.25) is 20.2 Å². The molecule has 21 heteroatoms. The molecule has 64 heavy (non-hydrogen) atoms. The first kappa shape index (κ1) is 47.8. The van der Waals surface area contributed by atoms with Gasteiger partial charge in [0.15, 0.2) is 24.2 Å². The van der Waals surface area contributed by atoms with Crippen LogP contribution in [0.1, 0.15) is 57.4 Å². The number of aliphatic hydroxyl groups is 3. The van der Waals surface area contributed by atoms with Gasteiger partial charge in [-0.1, -0.05) is 89.1 Å². The molecule has 0 aliphatic carbocycles. The molecule has 8 atom stereocenters. The van der Waals surface area contributed by atoms with Crippen LogP contribution in [-0.2, 0) is 65.8 Å². The van der Waals surface area contributed by atoms with Gasteiger partial charge in [-0.15, -0.1) is 0 Å². The predicted octanol–water partition coefficient (Wildman–Crippen LogP) is 2.85. The summed E-state index contributed by atoms with van der Waals surface area (Å²) >= 11 is 0. The average molecular weight is 1210 g/mol. The summed E-state index contributed by atoms with van der Waals surface area (Å²) in [5.74, 6) is -1.94. The van der Waals surface area contributed by atoms with E-state index in [9.17, 15) is 24.6 Å². The standard InChI is InChI=1S/C32H25N4O7.C11H13N4O4.2W/c1-32(43-30(39)23-15-9-4-10-16-23)27(42-29(38)22-13-7-3-8-14-22)26(19-40-28(37)21-11-5-2-6-12-21)41-31(32)36-20-33-24-17-34-35-18-25(24)36;1-11(18)9(17)8(4-16)19-10(11)15-5-12-6-2-13-14-3-7(6)15;;/h2-16,18,20,26-27,31H,19H2,1H3;3,5,8-10,16-18H,4H2,1H3;;/q2*-1;;/t26-,27-,31-,32-;8-,9-,10-,11-;;/m11../s1. The number of benzene rings is 3. The minimum Gasteiger partial charge on any atom is -0.459 e. The molecule has 0 radical (unpaired) electrons. The molecule has 7 aromatic rings. The Bertz CT molecular complexity index is 2680. The molecule has 4 aromatic heterocycles. The van der Waals surface area contributed by atoms with E-state index in [0.717, 1.165) is 0 Å². The fraction of sp³-hybridized carbons (Fsp3) is 0.279. The van der Waals surface area contributed by atoms with E-state index in [4.69, 9.17) is 28.8 Å². The Balaban J connectivity index is 0.000000271. The summed E-state index contributed by atoms with van der Waals surface area (Å²) in [7, 11) is 0. The van der Waals surface area contributed by atoms with Gasteiger partial charge >= 0.3 is 17.9 Å². The van der Waals surface area contributed by atoms with Crippen molar-refractivity contribution in [3.8, 4) is 0 Å². The van der Waals surface area contributed by atoms with Gasteiger partial charge in [0.25, 0.3) is 0 Å². The van der Waals surface area contributed by atoms with Crippen LogP contribution in [-0.4, -0.2) is 122 Å². The van der Waals surface area contributed by atoms with Gasteiger partial charge in [0.1, 0.15) is 30.5 Å². The van der Waals surface area contributed by atoms with Crippen molar-refractivity contribution in [2.45, 2.75) is 61.9 Å². The molecule has 2 aliphatic rings. The molecule has 330 valence electrons. The number of fused-ring (bicyclic) bond motifs is 2. The van der Waals surface area contributed by atoms with Crippen molar-refractivity contribution in [2.24, 2.45) is 0 Å². The third-order valence-electron chi connectivity index (χ3n) is 10.5. The van der Waals surface area contributed by atoms with Crippen LogP contribution in [0.25, 0.3) is 22.1 Å². The minimum absolute atomic E-state index is 0. The number of carbonyl (C=O) groups is 3. The number of hydrogen-bond acceptors (Lipinski definition) is 17. The molecule has 2 aliphatic heterocycles. The van der Waals surface area contributed by atoms with E-state index in [1.165, 1.54) is 32.0 Å². The largest absolute Gasteiger partial charge is 0.459 e. The Kier molecular flexibility index (Phi) is 15.3. The van der Waals surface area contributed by atoms with Crippen molar-refractivity contribution in [1.82, 2.24) is 39.5 Å². The second-order valence-electron chi connectivity index (χ2n) is 14.7. The van der Waals surface area contributed by atoms with E-state index in [1.54, 1.807) is 107 Å². The number of carbonyl (C=O) groups excluding carboxylic acids is 3. The number of imidazole rings is 2. The molecule has 0 spiro atoms. The Morgan fingerprint density at radius 2 is 1.17 bits per heavy atom. The molecule has 0 amide bonds. The van der Waals surface area contributed by atoms with Gasteiger partial charge in [0.05, 0.1) is 36.0 Å². The Hall–Kier alpha value is -5.65. The van der Waals surface area contributed by atoms with Crippen molar-refractivity contribution in [2.75, 3.05) is 13.2 Å². The molecule has 2 saturated heterocycles. The van der Waals surface area contributed by atoms with Gasteiger partial charge in [0.2, 0.25) is 0 Å². The number of aromatic nitrogens is 8. The van der Waals surface area contributed by atoms with E-state index in [2.05, 4.69) is 42.8 Å². The molecule has 0 saturated carbocycles. The van der Waals surface area contributed by atoms with E-state index in [1.807, 2.05) is 0 Å². The smallest absolute Gasteiger partial charge is 0.338 e.